The summed E-state index contributed by atoms with van der Waals surface area (Å²) in [5, 5.41) is 22.8. The smallest absolute Gasteiger partial charge is 0.0434 e. The van der Waals surface area contributed by atoms with E-state index in [9.17, 15) is 0 Å². The second kappa shape index (κ2) is 5.59. The molecule has 0 N–H and O–H groups in total. The summed E-state index contributed by atoms with van der Waals surface area (Å²) in [7, 11) is 0. The Labute approximate surface area is 187 Å². The number of thiophene rings is 4. The molecule has 140 valence electrons. The standard InChI is InChI=1S/C26H12S4/c1-3-19-21-5-13-9-27-11-15(13)7-23(21)30-26(19)18-2-4-20-22-6-14-10-28-12-16(14)8-24(22)29-25(20)17(1)18/h1-12H. The summed E-state index contributed by atoms with van der Waals surface area (Å²) in [5.41, 5.74) is 0. The molecule has 0 aliphatic rings. The molecular weight excluding hydrogens is 441 g/mol. The van der Waals surface area contributed by atoms with Crippen molar-refractivity contribution < 1.29 is 0 Å². The fraction of sp³-hybridized carbons (Fsp3) is 0. The summed E-state index contributed by atoms with van der Waals surface area (Å²) in [6, 6.07) is 18.9. The highest BCUT2D eigenvalue weighted by Crippen LogP contribution is 2.45. The molecule has 0 nitrogen and oxygen atoms in total. The molecule has 0 fully saturated rings. The summed E-state index contributed by atoms with van der Waals surface area (Å²) in [6.45, 7) is 0. The molecule has 0 unspecified atom stereocenters. The molecule has 8 rings (SSSR count). The summed E-state index contributed by atoms with van der Waals surface area (Å²) in [6.07, 6.45) is 0. The van der Waals surface area contributed by atoms with Crippen LogP contribution in [0.5, 0.6) is 0 Å². The minimum Gasteiger partial charge on any atom is -0.151 e. The summed E-state index contributed by atoms with van der Waals surface area (Å²) in [5.74, 6) is 0. The maximum Gasteiger partial charge on any atom is 0.0434 e. The maximum absolute atomic E-state index is 2.37. The molecule has 4 aromatic heterocycles. The minimum absolute atomic E-state index is 1.35. The largest absolute Gasteiger partial charge is 0.151 e. The molecule has 30 heavy (non-hydrogen) atoms. The second-order valence-corrected chi connectivity index (χ2v) is 11.5. The first-order valence-electron chi connectivity index (χ1n) is 9.79. The number of fused-ring (bicyclic) bond motifs is 11. The number of rotatable bonds is 0. The first-order chi connectivity index (χ1) is 14.8. The van der Waals surface area contributed by atoms with Crippen molar-refractivity contribution in [3.05, 3.63) is 70.1 Å². The van der Waals surface area contributed by atoms with Gasteiger partial charge in [-0.3, -0.25) is 0 Å². The van der Waals surface area contributed by atoms with Crippen LogP contribution in [0.1, 0.15) is 0 Å². The predicted octanol–water partition coefficient (Wildman–Crippen LogP) is 10.0. The van der Waals surface area contributed by atoms with Crippen molar-refractivity contribution in [2.45, 2.75) is 0 Å². The van der Waals surface area contributed by atoms with Gasteiger partial charge in [0.1, 0.15) is 0 Å². The lowest BCUT2D eigenvalue weighted by atomic mass is 10.0. The minimum atomic E-state index is 1.35. The quantitative estimate of drug-likeness (QED) is 0.215. The molecule has 4 aromatic carbocycles. The van der Waals surface area contributed by atoms with Crippen LogP contribution in [0.25, 0.3) is 72.7 Å². The van der Waals surface area contributed by atoms with Gasteiger partial charge in [-0.2, -0.15) is 22.7 Å². The average molecular weight is 453 g/mol. The zero-order chi connectivity index (χ0) is 19.4. The molecule has 0 spiro atoms. The Hall–Kier alpha value is -2.50. The van der Waals surface area contributed by atoms with Crippen LogP contribution in [0.3, 0.4) is 0 Å². The van der Waals surface area contributed by atoms with Crippen LogP contribution in [0, 0.1) is 0 Å². The van der Waals surface area contributed by atoms with Crippen LogP contribution in [0.4, 0.5) is 0 Å². The fourth-order valence-electron chi connectivity index (χ4n) is 4.80. The van der Waals surface area contributed by atoms with E-state index in [1.807, 2.05) is 22.7 Å². The normalized spacial score (nSPS) is 12.7. The molecule has 8 aromatic rings. The zero-order valence-corrected chi connectivity index (χ0v) is 18.8. The van der Waals surface area contributed by atoms with Gasteiger partial charge in [-0.1, -0.05) is 24.3 Å². The average Bonchev–Trinajstić information content (AvgIpc) is 3.53. The van der Waals surface area contributed by atoms with E-state index in [0.29, 0.717) is 0 Å². The van der Waals surface area contributed by atoms with Crippen LogP contribution in [0.2, 0.25) is 0 Å². The van der Waals surface area contributed by atoms with E-state index in [-0.39, 0.29) is 0 Å². The molecule has 0 aliphatic carbocycles. The van der Waals surface area contributed by atoms with E-state index < -0.39 is 0 Å². The highest BCUT2D eigenvalue weighted by molar-refractivity contribution is 7.28. The molecule has 0 radical (unpaired) electrons. The number of benzene rings is 4. The first kappa shape index (κ1) is 16.2. The van der Waals surface area contributed by atoms with Crippen molar-refractivity contribution in [2.24, 2.45) is 0 Å². The fourth-order valence-corrected chi connectivity index (χ4v) is 8.86. The maximum atomic E-state index is 2.37. The molecule has 0 atom stereocenters. The highest BCUT2D eigenvalue weighted by Gasteiger charge is 2.14. The van der Waals surface area contributed by atoms with Gasteiger partial charge < -0.3 is 0 Å². The Morgan fingerprint density at radius 2 is 0.767 bits per heavy atom. The third-order valence-electron chi connectivity index (χ3n) is 6.26. The van der Waals surface area contributed by atoms with E-state index in [1.165, 1.54) is 72.7 Å². The Kier molecular flexibility index (Phi) is 3.03. The lowest BCUT2D eigenvalue weighted by Gasteiger charge is -2.02. The molecule has 4 heterocycles. The lowest BCUT2D eigenvalue weighted by Crippen LogP contribution is -1.74. The van der Waals surface area contributed by atoms with Crippen molar-refractivity contribution in [3.63, 3.8) is 0 Å². The topological polar surface area (TPSA) is 0 Å². The second-order valence-electron chi connectivity index (χ2n) is 7.88. The molecular formula is C26H12S4. The molecule has 0 saturated carbocycles. The van der Waals surface area contributed by atoms with Crippen LogP contribution < -0.4 is 0 Å². The Balaban J connectivity index is 1.53. The van der Waals surface area contributed by atoms with Crippen LogP contribution in [0.15, 0.2) is 70.1 Å². The van der Waals surface area contributed by atoms with Gasteiger partial charge in [-0.05, 0) is 67.3 Å². The van der Waals surface area contributed by atoms with E-state index in [1.54, 1.807) is 22.7 Å². The van der Waals surface area contributed by atoms with Crippen molar-refractivity contribution in [3.8, 4) is 0 Å². The molecule has 4 heteroatoms. The summed E-state index contributed by atoms with van der Waals surface area (Å²) in [4.78, 5) is 0. The third-order valence-corrected chi connectivity index (χ3v) is 10.2. The van der Waals surface area contributed by atoms with Gasteiger partial charge in [-0.25, -0.2) is 0 Å². The zero-order valence-electron chi connectivity index (χ0n) is 15.6. The summed E-state index contributed by atoms with van der Waals surface area (Å²) >= 11 is 7.45. The van der Waals surface area contributed by atoms with E-state index in [0.717, 1.165) is 0 Å². The van der Waals surface area contributed by atoms with Gasteiger partial charge in [0.2, 0.25) is 0 Å². The van der Waals surface area contributed by atoms with Crippen molar-refractivity contribution in [2.75, 3.05) is 0 Å². The predicted molar refractivity (Wildman–Crippen MR) is 140 cm³/mol. The van der Waals surface area contributed by atoms with E-state index >= 15 is 0 Å². The van der Waals surface area contributed by atoms with Gasteiger partial charge in [0, 0.05) is 51.1 Å². The van der Waals surface area contributed by atoms with Crippen molar-refractivity contribution in [1.82, 2.24) is 0 Å². The lowest BCUT2D eigenvalue weighted by molar-refractivity contribution is 1.95. The monoisotopic (exact) mass is 452 g/mol. The van der Waals surface area contributed by atoms with Gasteiger partial charge in [0.25, 0.3) is 0 Å². The van der Waals surface area contributed by atoms with Gasteiger partial charge >= 0.3 is 0 Å². The van der Waals surface area contributed by atoms with Gasteiger partial charge in [0.15, 0.2) is 0 Å². The summed E-state index contributed by atoms with van der Waals surface area (Å²) < 4.78 is 5.61. The Morgan fingerprint density at radius 3 is 1.20 bits per heavy atom. The van der Waals surface area contributed by atoms with Gasteiger partial charge in [0.05, 0.1) is 0 Å². The SMILES string of the molecule is c1scc2cc3c(cc12)sc1c3ccc2c1ccc1c3cc4cscc4cc3sc12. The van der Waals surface area contributed by atoms with Crippen LogP contribution in [-0.2, 0) is 0 Å². The number of hydrogen-bond acceptors (Lipinski definition) is 4. The van der Waals surface area contributed by atoms with Crippen molar-refractivity contribution in [1.29, 1.82) is 0 Å². The van der Waals surface area contributed by atoms with Crippen molar-refractivity contribution >= 4 is 118 Å². The Bertz CT molecular complexity index is 1810. The van der Waals surface area contributed by atoms with E-state index in [2.05, 4.69) is 70.1 Å². The molecule has 0 saturated heterocycles. The van der Waals surface area contributed by atoms with Crippen LogP contribution in [-0.4, -0.2) is 0 Å². The first-order valence-corrected chi connectivity index (χ1v) is 13.3. The van der Waals surface area contributed by atoms with Crippen LogP contribution >= 0.6 is 45.3 Å². The van der Waals surface area contributed by atoms with Gasteiger partial charge in [-0.15, -0.1) is 22.7 Å². The molecule has 0 bridgehead atoms. The number of hydrogen-bond donors (Lipinski definition) is 0. The molecule has 0 aliphatic heterocycles. The van der Waals surface area contributed by atoms with E-state index in [4.69, 9.17) is 0 Å². The third kappa shape index (κ3) is 2.00. The highest BCUT2D eigenvalue weighted by atomic mass is 32.1. The molecule has 0 amide bonds. The Morgan fingerprint density at radius 1 is 0.400 bits per heavy atom.